The zero-order valence-electron chi connectivity index (χ0n) is 10.00. The van der Waals surface area contributed by atoms with E-state index in [2.05, 4.69) is 0 Å². The first-order valence-electron chi connectivity index (χ1n) is 5.83. The number of rotatable bonds is 2. The average Bonchev–Trinajstić information content (AvgIpc) is 2.79. The molecule has 4 nitrogen and oxygen atoms in total. The van der Waals surface area contributed by atoms with Crippen LogP contribution in [0.15, 0.2) is 18.2 Å². The Morgan fingerprint density at radius 2 is 1.84 bits per heavy atom. The summed E-state index contributed by atoms with van der Waals surface area (Å²) in [5, 5.41) is 10.6. The van der Waals surface area contributed by atoms with Crippen LogP contribution in [0.5, 0.6) is 0 Å². The van der Waals surface area contributed by atoms with Crippen molar-refractivity contribution in [3.8, 4) is 0 Å². The molecule has 104 valence electrons. The predicted molar refractivity (Wildman–Crippen MR) is 64.5 cm³/mol. The number of hydrogen-bond acceptors (Lipinski definition) is 2. The van der Waals surface area contributed by atoms with Gasteiger partial charge in [0.1, 0.15) is 0 Å². The molecule has 2 N–H and O–H groups in total. The molecule has 1 saturated heterocycles. The summed E-state index contributed by atoms with van der Waals surface area (Å²) in [5.74, 6) is 0. The fourth-order valence-corrected chi connectivity index (χ4v) is 2.13. The molecule has 1 heterocycles. The molecule has 0 bridgehead atoms. The summed E-state index contributed by atoms with van der Waals surface area (Å²) in [7, 11) is 0. The van der Waals surface area contributed by atoms with Gasteiger partial charge in [-0.1, -0.05) is 0 Å². The van der Waals surface area contributed by atoms with Crippen molar-refractivity contribution in [2.75, 3.05) is 23.3 Å². The van der Waals surface area contributed by atoms with Gasteiger partial charge in [0.2, 0.25) is 0 Å². The topological polar surface area (TPSA) is 52.6 Å². The minimum atomic E-state index is -4.50. The Morgan fingerprint density at radius 1 is 1.21 bits per heavy atom. The van der Waals surface area contributed by atoms with Crippen LogP contribution in [-0.2, 0) is 6.18 Å². The first-order chi connectivity index (χ1) is 8.86. The van der Waals surface area contributed by atoms with Gasteiger partial charge in [-0.05, 0) is 31.0 Å². The molecule has 2 rings (SSSR count). The molecule has 7 heteroatoms. The Bertz CT molecular complexity index is 482. The molecule has 1 aliphatic rings. The van der Waals surface area contributed by atoms with E-state index in [0.29, 0.717) is 18.8 Å². The molecule has 1 fully saturated rings. The number of anilines is 2. The molecular weight excluding hydrogens is 261 g/mol. The Morgan fingerprint density at radius 3 is 2.37 bits per heavy atom. The van der Waals surface area contributed by atoms with Crippen molar-refractivity contribution in [3.05, 3.63) is 23.8 Å². The van der Waals surface area contributed by atoms with Crippen LogP contribution in [0, 0.1) is 0 Å². The van der Waals surface area contributed by atoms with Crippen molar-refractivity contribution in [2.24, 2.45) is 0 Å². The summed E-state index contributed by atoms with van der Waals surface area (Å²) in [4.78, 5) is 12.4. The molecule has 19 heavy (non-hydrogen) atoms. The Kier molecular flexibility index (Phi) is 3.55. The van der Waals surface area contributed by atoms with Crippen LogP contribution < -0.4 is 10.2 Å². The molecule has 1 amide bonds. The highest BCUT2D eigenvalue weighted by atomic mass is 19.4. The standard InChI is InChI=1S/C12H13F3N2O2/c13-12(14,15)8-5-9(16-11(18)19)7-10(6-8)17-3-1-2-4-17/h5-7,16H,1-4H2,(H,18,19). The van der Waals surface area contributed by atoms with Crippen LogP contribution in [0.25, 0.3) is 0 Å². The zero-order chi connectivity index (χ0) is 14.0. The third kappa shape index (κ3) is 3.30. The largest absolute Gasteiger partial charge is 0.465 e. The van der Waals surface area contributed by atoms with E-state index in [0.717, 1.165) is 25.0 Å². The van der Waals surface area contributed by atoms with E-state index in [1.165, 1.54) is 6.07 Å². The molecule has 0 aromatic heterocycles. The van der Waals surface area contributed by atoms with Gasteiger partial charge in [-0.15, -0.1) is 0 Å². The monoisotopic (exact) mass is 274 g/mol. The molecule has 0 saturated carbocycles. The van der Waals surface area contributed by atoms with Gasteiger partial charge in [0.05, 0.1) is 5.56 Å². The number of halogens is 3. The van der Waals surface area contributed by atoms with Crippen LogP contribution in [-0.4, -0.2) is 24.3 Å². The first-order valence-corrected chi connectivity index (χ1v) is 5.83. The highest BCUT2D eigenvalue weighted by molar-refractivity contribution is 5.84. The van der Waals surface area contributed by atoms with Gasteiger partial charge in [-0.3, -0.25) is 5.32 Å². The summed E-state index contributed by atoms with van der Waals surface area (Å²) < 4.78 is 38.3. The number of benzene rings is 1. The van der Waals surface area contributed by atoms with E-state index in [1.54, 1.807) is 0 Å². The number of amides is 1. The van der Waals surface area contributed by atoms with Gasteiger partial charge < -0.3 is 10.0 Å². The lowest BCUT2D eigenvalue weighted by Gasteiger charge is -2.20. The second-order valence-corrected chi connectivity index (χ2v) is 4.39. The van der Waals surface area contributed by atoms with Crippen molar-refractivity contribution < 1.29 is 23.1 Å². The van der Waals surface area contributed by atoms with Gasteiger partial charge in [-0.25, -0.2) is 4.79 Å². The van der Waals surface area contributed by atoms with Crippen LogP contribution in [0.3, 0.4) is 0 Å². The summed E-state index contributed by atoms with van der Waals surface area (Å²) >= 11 is 0. The number of hydrogen-bond donors (Lipinski definition) is 2. The summed E-state index contributed by atoms with van der Waals surface area (Å²) in [5.41, 5.74) is -0.513. The van der Waals surface area contributed by atoms with Crippen molar-refractivity contribution in [1.82, 2.24) is 0 Å². The number of carbonyl (C=O) groups is 1. The molecular formula is C12H13F3N2O2. The average molecular weight is 274 g/mol. The van der Waals surface area contributed by atoms with Gasteiger partial charge in [0, 0.05) is 24.5 Å². The maximum absolute atomic E-state index is 12.8. The molecule has 0 radical (unpaired) electrons. The zero-order valence-corrected chi connectivity index (χ0v) is 10.00. The fraction of sp³-hybridized carbons (Fsp3) is 0.417. The third-order valence-corrected chi connectivity index (χ3v) is 2.97. The van der Waals surface area contributed by atoms with Crippen LogP contribution in [0.4, 0.5) is 29.3 Å². The van der Waals surface area contributed by atoms with Crippen molar-refractivity contribution >= 4 is 17.5 Å². The number of carboxylic acid groups (broad SMARTS) is 1. The van der Waals surface area contributed by atoms with E-state index in [9.17, 15) is 18.0 Å². The second kappa shape index (κ2) is 4.99. The Balaban J connectivity index is 2.38. The maximum atomic E-state index is 12.8. The Hall–Kier alpha value is -1.92. The minimum absolute atomic E-state index is 0.0655. The van der Waals surface area contributed by atoms with E-state index in [4.69, 9.17) is 5.11 Å². The fourth-order valence-electron chi connectivity index (χ4n) is 2.13. The lowest BCUT2D eigenvalue weighted by molar-refractivity contribution is -0.137. The molecule has 0 aliphatic carbocycles. The van der Waals surface area contributed by atoms with E-state index in [1.807, 2.05) is 10.2 Å². The number of nitrogens with one attached hydrogen (secondary N) is 1. The molecule has 0 unspecified atom stereocenters. The molecule has 1 aliphatic heterocycles. The maximum Gasteiger partial charge on any atom is 0.416 e. The minimum Gasteiger partial charge on any atom is -0.465 e. The summed E-state index contributed by atoms with van der Waals surface area (Å²) in [6.45, 7) is 1.38. The van der Waals surface area contributed by atoms with Crippen molar-refractivity contribution in [1.29, 1.82) is 0 Å². The predicted octanol–water partition coefficient (Wildman–Crippen LogP) is 3.40. The van der Waals surface area contributed by atoms with Gasteiger partial charge in [0.25, 0.3) is 0 Å². The van der Waals surface area contributed by atoms with Crippen LogP contribution >= 0.6 is 0 Å². The number of nitrogens with zero attached hydrogens (tertiary/aromatic N) is 1. The summed E-state index contributed by atoms with van der Waals surface area (Å²) in [6.07, 6.45) is -4.02. The van der Waals surface area contributed by atoms with E-state index < -0.39 is 17.8 Å². The van der Waals surface area contributed by atoms with E-state index >= 15 is 0 Å². The first kappa shape index (κ1) is 13.5. The quantitative estimate of drug-likeness (QED) is 0.869. The molecule has 0 spiro atoms. The lowest BCUT2D eigenvalue weighted by atomic mass is 10.1. The van der Waals surface area contributed by atoms with Gasteiger partial charge in [0.15, 0.2) is 0 Å². The highest BCUT2D eigenvalue weighted by Crippen LogP contribution is 2.35. The lowest BCUT2D eigenvalue weighted by Crippen LogP contribution is -2.19. The molecule has 1 aromatic rings. The second-order valence-electron chi connectivity index (χ2n) is 4.39. The number of alkyl halides is 3. The van der Waals surface area contributed by atoms with Crippen molar-refractivity contribution in [2.45, 2.75) is 19.0 Å². The third-order valence-electron chi connectivity index (χ3n) is 2.97. The summed E-state index contributed by atoms with van der Waals surface area (Å²) in [6, 6.07) is 3.28. The SMILES string of the molecule is O=C(O)Nc1cc(N2CCCC2)cc(C(F)(F)F)c1. The smallest absolute Gasteiger partial charge is 0.416 e. The van der Waals surface area contributed by atoms with Gasteiger partial charge in [-0.2, -0.15) is 13.2 Å². The van der Waals surface area contributed by atoms with E-state index in [-0.39, 0.29) is 5.69 Å². The van der Waals surface area contributed by atoms with Gasteiger partial charge >= 0.3 is 12.3 Å². The van der Waals surface area contributed by atoms with Crippen LogP contribution in [0.1, 0.15) is 18.4 Å². The molecule has 1 aromatic carbocycles. The highest BCUT2D eigenvalue weighted by Gasteiger charge is 2.32. The van der Waals surface area contributed by atoms with Crippen molar-refractivity contribution in [3.63, 3.8) is 0 Å². The normalized spacial score (nSPS) is 15.6. The Labute approximate surface area is 107 Å². The van der Waals surface area contributed by atoms with Crippen LogP contribution in [0.2, 0.25) is 0 Å². The molecule has 0 atom stereocenters.